The number of thiazole rings is 1. The van der Waals surface area contributed by atoms with Crippen LogP contribution in [0.2, 0.25) is 5.02 Å². The fourth-order valence-corrected chi connectivity index (χ4v) is 6.80. The molecular weight excluding hydrogens is 470 g/mol. The van der Waals surface area contributed by atoms with E-state index in [9.17, 15) is 9.59 Å². The van der Waals surface area contributed by atoms with Crippen LogP contribution in [0.15, 0.2) is 56.8 Å². The van der Waals surface area contributed by atoms with Crippen molar-refractivity contribution in [2.45, 2.75) is 16.2 Å². The number of carbonyl (C=O) groups excluding carboxylic acids is 1. The molecule has 0 saturated carbocycles. The van der Waals surface area contributed by atoms with E-state index in [1.54, 1.807) is 6.07 Å². The van der Waals surface area contributed by atoms with Crippen molar-refractivity contribution in [2.75, 3.05) is 0 Å². The van der Waals surface area contributed by atoms with E-state index in [2.05, 4.69) is 20.9 Å². The van der Waals surface area contributed by atoms with Crippen molar-refractivity contribution in [3.63, 3.8) is 0 Å². The Labute approximate surface area is 176 Å². The Morgan fingerprint density at radius 3 is 2.67 bits per heavy atom. The number of thioether (sulfide) groups is 1. The standard InChI is InChI=1S/C19H11BrClNO3S2/c20-9-3-6-12-11(7-9)13-14(18(23)25-12)15(8-1-4-10(21)5-2-8)26-17-16(13)27-19(24)22-17/h1-7,13-15H,(H,22,24)/t13-,14+,15-/m1/s1. The molecule has 0 spiro atoms. The molecule has 27 heavy (non-hydrogen) atoms. The van der Waals surface area contributed by atoms with Gasteiger partial charge in [0.1, 0.15) is 5.75 Å². The smallest absolute Gasteiger partial charge is 0.316 e. The van der Waals surface area contributed by atoms with Crippen LogP contribution in [0.1, 0.15) is 27.2 Å². The number of hydrogen-bond donors (Lipinski definition) is 1. The van der Waals surface area contributed by atoms with Crippen LogP contribution in [0.4, 0.5) is 0 Å². The van der Waals surface area contributed by atoms with Crippen molar-refractivity contribution in [1.82, 2.24) is 4.98 Å². The fraction of sp³-hybridized carbons (Fsp3) is 0.158. The van der Waals surface area contributed by atoms with Crippen LogP contribution in [0.5, 0.6) is 5.75 Å². The van der Waals surface area contributed by atoms with E-state index in [1.165, 1.54) is 23.1 Å². The second kappa shape index (κ2) is 6.51. The number of esters is 1. The molecule has 5 rings (SSSR count). The molecule has 0 bridgehead atoms. The Morgan fingerprint density at radius 1 is 1.11 bits per heavy atom. The van der Waals surface area contributed by atoms with E-state index in [0.29, 0.717) is 10.8 Å². The van der Waals surface area contributed by atoms with Crippen molar-refractivity contribution < 1.29 is 9.53 Å². The number of ether oxygens (including phenoxy) is 1. The summed E-state index contributed by atoms with van der Waals surface area (Å²) in [6, 6.07) is 13.1. The number of halogens is 2. The lowest BCUT2D eigenvalue weighted by molar-refractivity contribution is -0.140. The SMILES string of the molecule is O=C1Oc2ccc(Br)cc2[C@H]2c3sc(=O)[nH]c3S[C@H](c3ccc(Cl)cc3)[C@@H]12. The second-order valence-electron chi connectivity index (χ2n) is 6.40. The van der Waals surface area contributed by atoms with Gasteiger partial charge in [-0.1, -0.05) is 62.8 Å². The number of aromatic nitrogens is 1. The maximum Gasteiger partial charge on any atom is 0.316 e. The zero-order valence-corrected chi connectivity index (χ0v) is 17.5. The lowest BCUT2D eigenvalue weighted by Crippen LogP contribution is -2.37. The summed E-state index contributed by atoms with van der Waals surface area (Å²) in [5.74, 6) is -0.358. The summed E-state index contributed by atoms with van der Waals surface area (Å²) in [5.41, 5.74) is 1.90. The third-order valence-corrected chi connectivity index (χ3v) is 8.06. The minimum absolute atomic E-state index is 0.113. The highest BCUT2D eigenvalue weighted by molar-refractivity contribution is 9.10. The Kier molecular flexibility index (Phi) is 4.23. The van der Waals surface area contributed by atoms with Gasteiger partial charge in [-0.05, 0) is 35.9 Å². The fourth-order valence-electron chi connectivity index (χ4n) is 3.71. The summed E-state index contributed by atoms with van der Waals surface area (Å²) >= 11 is 12.2. The second-order valence-corrected chi connectivity index (χ2v) is 9.92. The molecule has 1 N–H and O–H groups in total. The van der Waals surface area contributed by atoms with Gasteiger partial charge in [-0.15, -0.1) is 0 Å². The first-order chi connectivity index (χ1) is 13.0. The maximum absolute atomic E-state index is 13.0. The molecule has 3 aromatic rings. The first-order valence-electron chi connectivity index (χ1n) is 8.17. The molecule has 0 fully saturated rings. The lowest BCUT2D eigenvalue weighted by atomic mass is 9.78. The highest BCUT2D eigenvalue weighted by Gasteiger charge is 2.49. The summed E-state index contributed by atoms with van der Waals surface area (Å²) in [6.45, 7) is 0. The predicted octanol–water partition coefficient (Wildman–Crippen LogP) is 5.37. The molecule has 2 aliphatic rings. The highest BCUT2D eigenvalue weighted by Crippen LogP contribution is 2.58. The molecule has 2 aromatic carbocycles. The Balaban J connectivity index is 1.74. The maximum atomic E-state index is 13.0. The molecular formula is C19H11BrClNO3S2. The summed E-state index contributed by atoms with van der Waals surface area (Å²) < 4.78 is 6.58. The number of benzene rings is 2. The first-order valence-corrected chi connectivity index (χ1v) is 11.0. The van der Waals surface area contributed by atoms with E-state index >= 15 is 0 Å². The Morgan fingerprint density at radius 2 is 1.89 bits per heavy atom. The topological polar surface area (TPSA) is 59.2 Å². The molecule has 8 heteroatoms. The Bertz CT molecular complexity index is 1120. The van der Waals surface area contributed by atoms with Gasteiger partial charge in [-0.25, -0.2) is 0 Å². The van der Waals surface area contributed by atoms with Crippen molar-refractivity contribution in [3.8, 4) is 5.75 Å². The average molecular weight is 481 g/mol. The van der Waals surface area contributed by atoms with Crippen LogP contribution < -0.4 is 9.61 Å². The van der Waals surface area contributed by atoms with Gasteiger partial charge in [0.05, 0.1) is 16.2 Å². The molecule has 0 unspecified atom stereocenters. The number of nitrogens with one attached hydrogen (secondary N) is 1. The van der Waals surface area contributed by atoms with Crippen LogP contribution in [0.3, 0.4) is 0 Å². The van der Waals surface area contributed by atoms with Gasteiger partial charge in [0.2, 0.25) is 0 Å². The van der Waals surface area contributed by atoms with Gasteiger partial charge in [0, 0.05) is 25.9 Å². The summed E-state index contributed by atoms with van der Waals surface area (Å²) in [4.78, 5) is 28.8. The number of H-pyrrole nitrogens is 1. The number of carbonyl (C=O) groups is 1. The minimum Gasteiger partial charge on any atom is -0.426 e. The molecule has 0 radical (unpaired) electrons. The van der Waals surface area contributed by atoms with Crippen LogP contribution in [0, 0.1) is 5.92 Å². The zero-order chi connectivity index (χ0) is 18.7. The van der Waals surface area contributed by atoms with E-state index in [4.69, 9.17) is 16.3 Å². The molecule has 0 saturated heterocycles. The molecule has 1 aromatic heterocycles. The summed E-state index contributed by atoms with van der Waals surface area (Å²) in [5, 5.41) is 1.29. The molecule has 3 atom stereocenters. The molecule has 4 nitrogen and oxygen atoms in total. The number of hydrogen-bond acceptors (Lipinski definition) is 5. The van der Waals surface area contributed by atoms with Crippen LogP contribution in [0.25, 0.3) is 0 Å². The van der Waals surface area contributed by atoms with Gasteiger partial charge in [0.25, 0.3) is 0 Å². The first kappa shape index (κ1) is 17.6. The molecule has 2 aliphatic heterocycles. The highest BCUT2D eigenvalue weighted by atomic mass is 79.9. The quantitative estimate of drug-likeness (QED) is 0.376. The Hall–Kier alpha value is -1.54. The normalized spacial score (nSPS) is 23.2. The number of rotatable bonds is 1. The van der Waals surface area contributed by atoms with Gasteiger partial charge in [-0.3, -0.25) is 9.59 Å². The van der Waals surface area contributed by atoms with Crippen LogP contribution in [-0.2, 0) is 4.79 Å². The van der Waals surface area contributed by atoms with E-state index in [0.717, 1.165) is 25.5 Å². The summed E-state index contributed by atoms with van der Waals surface area (Å²) in [6.07, 6.45) is 0. The van der Waals surface area contributed by atoms with Crippen LogP contribution >= 0.6 is 50.6 Å². The van der Waals surface area contributed by atoms with Gasteiger partial charge in [-0.2, -0.15) is 0 Å². The van der Waals surface area contributed by atoms with E-state index in [-0.39, 0.29) is 22.0 Å². The molecule has 136 valence electrons. The largest absolute Gasteiger partial charge is 0.426 e. The monoisotopic (exact) mass is 479 g/mol. The van der Waals surface area contributed by atoms with Crippen LogP contribution in [-0.4, -0.2) is 11.0 Å². The van der Waals surface area contributed by atoms with Crippen molar-refractivity contribution in [2.24, 2.45) is 5.92 Å². The number of aromatic amines is 1. The average Bonchev–Trinajstić information content (AvgIpc) is 3.02. The zero-order valence-electron chi connectivity index (χ0n) is 13.6. The van der Waals surface area contributed by atoms with E-state index in [1.807, 2.05) is 36.4 Å². The third kappa shape index (κ3) is 2.88. The third-order valence-electron chi connectivity index (χ3n) is 4.84. The van der Waals surface area contributed by atoms with Crippen molar-refractivity contribution in [1.29, 1.82) is 0 Å². The predicted molar refractivity (Wildman–Crippen MR) is 110 cm³/mol. The molecule has 0 aliphatic carbocycles. The van der Waals surface area contributed by atoms with Gasteiger partial charge in [0.15, 0.2) is 0 Å². The van der Waals surface area contributed by atoms with Crippen molar-refractivity contribution in [3.05, 3.63) is 77.6 Å². The summed E-state index contributed by atoms with van der Waals surface area (Å²) in [7, 11) is 0. The molecule has 3 heterocycles. The number of fused-ring (bicyclic) bond motifs is 5. The lowest BCUT2D eigenvalue weighted by Gasteiger charge is -2.39. The minimum atomic E-state index is -0.420. The van der Waals surface area contributed by atoms with Crippen molar-refractivity contribution >= 4 is 56.6 Å². The van der Waals surface area contributed by atoms with Gasteiger partial charge >= 0.3 is 10.8 Å². The van der Waals surface area contributed by atoms with E-state index < -0.39 is 5.92 Å². The van der Waals surface area contributed by atoms with Gasteiger partial charge < -0.3 is 9.72 Å². The molecule has 0 amide bonds.